The van der Waals surface area contributed by atoms with Crippen molar-refractivity contribution in [3.05, 3.63) is 42.0 Å². The zero-order valence-corrected chi connectivity index (χ0v) is 17.5. The average Bonchev–Trinajstić information content (AvgIpc) is 2.76. The van der Waals surface area contributed by atoms with Crippen molar-refractivity contribution in [2.24, 2.45) is 11.8 Å². The third-order valence-electron chi connectivity index (χ3n) is 6.73. The lowest BCUT2D eigenvalue weighted by Crippen LogP contribution is -2.54. The van der Waals surface area contributed by atoms with Gasteiger partial charge in [0.15, 0.2) is 0 Å². The van der Waals surface area contributed by atoms with Gasteiger partial charge in [0.05, 0.1) is 0 Å². The van der Waals surface area contributed by atoms with Crippen LogP contribution in [0.1, 0.15) is 37.7 Å². The molecule has 1 saturated carbocycles. The highest BCUT2D eigenvalue weighted by Crippen LogP contribution is 2.29. The van der Waals surface area contributed by atoms with E-state index in [1.807, 2.05) is 51.1 Å². The van der Waals surface area contributed by atoms with Gasteiger partial charge in [0.25, 0.3) is 0 Å². The molecule has 0 radical (unpaired) electrons. The van der Waals surface area contributed by atoms with E-state index in [1.54, 1.807) is 6.08 Å². The molecule has 6 nitrogen and oxygen atoms in total. The van der Waals surface area contributed by atoms with Crippen molar-refractivity contribution in [3.8, 4) is 0 Å². The van der Waals surface area contributed by atoms with E-state index in [9.17, 15) is 14.4 Å². The monoisotopic (exact) mass is 409 g/mol. The van der Waals surface area contributed by atoms with E-state index in [-0.39, 0.29) is 29.6 Å². The van der Waals surface area contributed by atoms with Gasteiger partial charge >= 0.3 is 0 Å². The molecule has 0 bridgehead atoms. The van der Waals surface area contributed by atoms with Crippen LogP contribution in [0.15, 0.2) is 36.4 Å². The summed E-state index contributed by atoms with van der Waals surface area (Å²) in [6, 6.07) is 9.78. The average molecular weight is 410 g/mol. The van der Waals surface area contributed by atoms with Crippen LogP contribution < -0.4 is 0 Å². The molecule has 0 unspecified atom stereocenters. The summed E-state index contributed by atoms with van der Waals surface area (Å²) in [5, 5.41) is 0. The van der Waals surface area contributed by atoms with Crippen LogP contribution in [0.4, 0.5) is 0 Å². The zero-order chi connectivity index (χ0) is 20.9. The van der Waals surface area contributed by atoms with Gasteiger partial charge in [-0.3, -0.25) is 14.4 Å². The van der Waals surface area contributed by atoms with Crippen LogP contribution in [0.3, 0.4) is 0 Å². The van der Waals surface area contributed by atoms with E-state index in [0.29, 0.717) is 52.1 Å². The number of likely N-dealkylation sites (tertiary alicyclic amines) is 1. The highest BCUT2D eigenvalue weighted by atomic mass is 16.2. The second kappa shape index (κ2) is 9.45. The third kappa shape index (κ3) is 4.74. The van der Waals surface area contributed by atoms with Crippen molar-refractivity contribution >= 4 is 23.8 Å². The summed E-state index contributed by atoms with van der Waals surface area (Å²) in [6.07, 6.45) is 8.10. The number of carbonyl (C=O) groups excluding carboxylic acids is 3. The smallest absolute Gasteiger partial charge is 0.246 e. The van der Waals surface area contributed by atoms with Crippen LogP contribution in [0.25, 0.3) is 6.08 Å². The zero-order valence-electron chi connectivity index (χ0n) is 17.5. The molecule has 6 heteroatoms. The number of carbonyl (C=O) groups is 3. The fourth-order valence-corrected chi connectivity index (χ4v) is 4.50. The van der Waals surface area contributed by atoms with Crippen molar-refractivity contribution in [1.29, 1.82) is 0 Å². The standard InChI is InChI=1S/C24H31N3O3/c28-22(10-9-19-5-2-1-3-6-19)25-13-11-21(12-14-25)24(30)27-17-15-26(16-18-27)23(29)20-7-4-8-20/h1-3,5-6,9-10,20-21H,4,7-8,11-18H2/b10-9+. The Morgan fingerprint density at radius 2 is 1.23 bits per heavy atom. The Balaban J connectivity index is 1.21. The second-order valence-corrected chi connectivity index (χ2v) is 8.62. The number of hydrogen-bond donors (Lipinski definition) is 0. The van der Waals surface area contributed by atoms with Gasteiger partial charge in [-0.15, -0.1) is 0 Å². The minimum atomic E-state index is -0.0129. The first kappa shape index (κ1) is 20.6. The van der Waals surface area contributed by atoms with E-state index < -0.39 is 0 Å². The van der Waals surface area contributed by atoms with Gasteiger partial charge in [0, 0.05) is 57.2 Å². The topological polar surface area (TPSA) is 60.9 Å². The first-order valence-corrected chi connectivity index (χ1v) is 11.2. The molecule has 2 heterocycles. The number of benzene rings is 1. The largest absolute Gasteiger partial charge is 0.339 e. The van der Waals surface area contributed by atoms with Gasteiger partial charge < -0.3 is 14.7 Å². The predicted octanol–water partition coefficient (Wildman–Crippen LogP) is 2.41. The van der Waals surface area contributed by atoms with Crippen LogP contribution in [0, 0.1) is 11.8 Å². The Kier molecular flexibility index (Phi) is 6.50. The van der Waals surface area contributed by atoms with Gasteiger partial charge in [-0.1, -0.05) is 36.8 Å². The van der Waals surface area contributed by atoms with Crippen LogP contribution in [0.2, 0.25) is 0 Å². The molecule has 1 aliphatic carbocycles. The Bertz CT molecular complexity index is 787. The lowest BCUT2D eigenvalue weighted by molar-refractivity contribution is -0.146. The summed E-state index contributed by atoms with van der Waals surface area (Å²) in [4.78, 5) is 43.4. The van der Waals surface area contributed by atoms with E-state index >= 15 is 0 Å². The van der Waals surface area contributed by atoms with Crippen LogP contribution in [0.5, 0.6) is 0 Å². The summed E-state index contributed by atoms with van der Waals surface area (Å²) in [7, 11) is 0. The molecule has 0 atom stereocenters. The fraction of sp³-hybridized carbons (Fsp3) is 0.542. The first-order chi connectivity index (χ1) is 14.6. The lowest BCUT2D eigenvalue weighted by atomic mass is 9.84. The number of hydrogen-bond acceptors (Lipinski definition) is 3. The number of piperidine rings is 1. The molecule has 160 valence electrons. The van der Waals surface area contributed by atoms with E-state index in [2.05, 4.69) is 0 Å². The second-order valence-electron chi connectivity index (χ2n) is 8.62. The van der Waals surface area contributed by atoms with Crippen molar-refractivity contribution in [2.75, 3.05) is 39.3 Å². The molecular formula is C24H31N3O3. The molecule has 30 heavy (non-hydrogen) atoms. The number of rotatable bonds is 4. The van der Waals surface area contributed by atoms with Crippen LogP contribution in [-0.4, -0.2) is 71.7 Å². The van der Waals surface area contributed by atoms with E-state index in [4.69, 9.17) is 0 Å². The summed E-state index contributed by atoms with van der Waals surface area (Å²) >= 11 is 0. The highest BCUT2D eigenvalue weighted by molar-refractivity contribution is 5.92. The molecule has 2 saturated heterocycles. The van der Waals surface area contributed by atoms with Crippen molar-refractivity contribution in [2.45, 2.75) is 32.1 Å². The predicted molar refractivity (Wildman–Crippen MR) is 115 cm³/mol. The molecule has 3 amide bonds. The molecule has 1 aromatic carbocycles. The maximum atomic E-state index is 12.9. The summed E-state index contributed by atoms with van der Waals surface area (Å²) in [5.41, 5.74) is 1.01. The van der Waals surface area contributed by atoms with Crippen molar-refractivity contribution in [3.63, 3.8) is 0 Å². The molecular weight excluding hydrogens is 378 g/mol. The molecule has 1 aromatic rings. The molecule has 2 aliphatic heterocycles. The van der Waals surface area contributed by atoms with Gasteiger partial charge in [-0.25, -0.2) is 0 Å². The summed E-state index contributed by atoms with van der Waals surface area (Å²) < 4.78 is 0. The maximum absolute atomic E-state index is 12.9. The summed E-state index contributed by atoms with van der Waals surface area (Å²) in [5.74, 6) is 0.695. The lowest BCUT2D eigenvalue weighted by Gasteiger charge is -2.40. The normalized spacial score (nSPS) is 21.0. The quantitative estimate of drug-likeness (QED) is 0.718. The Morgan fingerprint density at radius 1 is 0.700 bits per heavy atom. The molecule has 0 spiro atoms. The number of amides is 3. The Hall–Kier alpha value is -2.63. The van der Waals surface area contributed by atoms with Gasteiger partial charge in [-0.05, 0) is 37.3 Å². The van der Waals surface area contributed by atoms with Crippen LogP contribution in [-0.2, 0) is 14.4 Å². The van der Waals surface area contributed by atoms with E-state index in [1.165, 1.54) is 0 Å². The van der Waals surface area contributed by atoms with Gasteiger partial charge in [-0.2, -0.15) is 0 Å². The summed E-state index contributed by atoms with van der Waals surface area (Å²) in [6.45, 7) is 3.82. The minimum absolute atomic E-state index is 0.00729. The molecule has 3 fully saturated rings. The van der Waals surface area contributed by atoms with Crippen molar-refractivity contribution in [1.82, 2.24) is 14.7 Å². The highest BCUT2D eigenvalue weighted by Gasteiger charge is 2.34. The van der Waals surface area contributed by atoms with Crippen molar-refractivity contribution < 1.29 is 14.4 Å². The molecule has 4 rings (SSSR count). The third-order valence-corrected chi connectivity index (χ3v) is 6.73. The SMILES string of the molecule is O=C(/C=C/c1ccccc1)N1CCC(C(=O)N2CCN(C(=O)C3CCC3)CC2)CC1. The molecule has 0 aromatic heterocycles. The number of nitrogens with zero attached hydrogens (tertiary/aromatic N) is 3. The van der Waals surface area contributed by atoms with Gasteiger partial charge in [0.1, 0.15) is 0 Å². The molecule has 3 aliphatic rings. The van der Waals surface area contributed by atoms with Gasteiger partial charge in [0.2, 0.25) is 17.7 Å². The fourth-order valence-electron chi connectivity index (χ4n) is 4.50. The molecule has 0 N–H and O–H groups in total. The van der Waals surface area contributed by atoms with Crippen LogP contribution >= 0.6 is 0 Å². The Morgan fingerprint density at radius 3 is 1.73 bits per heavy atom. The Labute approximate surface area is 178 Å². The van der Waals surface area contributed by atoms with E-state index in [0.717, 1.165) is 24.8 Å². The first-order valence-electron chi connectivity index (χ1n) is 11.2. The number of piperazine rings is 1. The minimum Gasteiger partial charge on any atom is -0.339 e. The maximum Gasteiger partial charge on any atom is 0.246 e.